The lowest BCUT2D eigenvalue weighted by Crippen LogP contribution is -2.15. The lowest BCUT2D eigenvalue weighted by atomic mass is 10.2. The standard InChI is InChI=1S/C9H12N2O2S2/c1-14-9-5-3-4-8(6-9)7-10-11-15(2,12)13/h3-7,11H,1-2H3/b10-7-. The van der Waals surface area contributed by atoms with Crippen LogP contribution >= 0.6 is 11.8 Å². The number of thioether (sulfide) groups is 1. The molecular formula is C9H12N2O2S2. The van der Waals surface area contributed by atoms with E-state index in [9.17, 15) is 8.42 Å². The van der Waals surface area contributed by atoms with Crippen molar-refractivity contribution in [2.75, 3.05) is 12.5 Å². The highest BCUT2D eigenvalue weighted by atomic mass is 32.2. The summed E-state index contributed by atoms with van der Waals surface area (Å²) in [6, 6.07) is 7.66. The van der Waals surface area contributed by atoms with Gasteiger partial charge in [-0.2, -0.15) is 5.10 Å². The fourth-order valence-electron chi connectivity index (χ4n) is 0.918. The highest BCUT2D eigenvalue weighted by Gasteiger charge is 1.95. The lowest BCUT2D eigenvalue weighted by Gasteiger charge is -1.98. The van der Waals surface area contributed by atoms with Gasteiger partial charge in [-0.15, -0.1) is 11.8 Å². The quantitative estimate of drug-likeness (QED) is 0.493. The minimum Gasteiger partial charge on any atom is -0.206 e. The van der Waals surface area contributed by atoms with Crippen LogP contribution in [0.15, 0.2) is 34.3 Å². The molecule has 0 heterocycles. The van der Waals surface area contributed by atoms with Crippen LogP contribution in [0.2, 0.25) is 0 Å². The van der Waals surface area contributed by atoms with Crippen LogP contribution in [-0.4, -0.2) is 27.1 Å². The Hall–Kier alpha value is -1.01. The van der Waals surface area contributed by atoms with Gasteiger partial charge in [0, 0.05) is 4.90 Å². The molecule has 0 aromatic heterocycles. The third-order valence-electron chi connectivity index (χ3n) is 1.53. The molecule has 1 aromatic carbocycles. The number of hydrazone groups is 1. The second-order valence-electron chi connectivity index (χ2n) is 2.90. The molecule has 15 heavy (non-hydrogen) atoms. The van der Waals surface area contributed by atoms with Crippen LogP contribution in [0.1, 0.15) is 5.56 Å². The minimum atomic E-state index is -3.26. The molecule has 0 saturated heterocycles. The minimum absolute atomic E-state index is 0.859. The molecule has 0 amide bonds. The first-order valence-corrected chi connectivity index (χ1v) is 7.27. The van der Waals surface area contributed by atoms with Gasteiger partial charge in [0.1, 0.15) is 0 Å². The van der Waals surface area contributed by atoms with E-state index < -0.39 is 10.0 Å². The molecule has 0 saturated carbocycles. The monoisotopic (exact) mass is 244 g/mol. The Bertz CT molecular complexity index is 455. The van der Waals surface area contributed by atoms with Gasteiger partial charge >= 0.3 is 0 Å². The van der Waals surface area contributed by atoms with Gasteiger partial charge in [-0.05, 0) is 24.0 Å². The Morgan fingerprint density at radius 1 is 1.47 bits per heavy atom. The molecule has 0 bridgehead atoms. The van der Waals surface area contributed by atoms with E-state index in [0.29, 0.717) is 0 Å². The summed E-state index contributed by atoms with van der Waals surface area (Å²) in [4.78, 5) is 3.15. The third-order valence-corrected chi connectivity index (χ3v) is 2.69. The van der Waals surface area contributed by atoms with E-state index in [-0.39, 0.29) is 0 Å². The van der Waals surface area contributed by atoms with Crippen molar-refractivity contribution in [3.8, 4) is 0 Å². The molecule has 0 radical (unpaired) electrons. The molecular weight excluding hydrogens is 232 g/mol. The van der Waals surface area contributed by atoms with Gasteiger partial charge in [0.15, 0.2) is 0 Å². The van der Waals surface area contributed by atoms with Crippen molar-refractivity contribution in [3.05, 3.63) is 29.8 Å². The van der Waals surface area contributed by atoms with Crippen molar-refractivity contribution in [1.82, 2.24) is 4.83 Å². The largest absolute Gasteiger partial charge is 0.244 e. The summed E-state index contributed by atoms with van der Waals surface area (Å²) in [6.07, 6.45) is 4.51. The summed E-state index contributed by atoms with van der Waals surface area (Å²) in [5.41, 5.74) is 0.859. The fourth-order valence-corrected chi connectivity index (χ4v) is 1.63. The van der Waals surface area contributed by atoms with E-state index in [2.05, 4.69) is 5.10 Å². The molecule has 6 heteroatoms. The molecule has 1 aromatic rings. The normalized spacial score (nSPS) is 11.9. The van der Waals surface area contributed by atoms with E-state index in [4.69, 9.17) is 0 Å². The molecule has 82 valence electrons. The molecule has 1 N–H and O–H groups in total. The van der Waals surface area contributed by atoms with Crippen molar-refractivity contribution < 1.29 is 8.42 Å². The zero-order valence-corrected chi connectivity index (χ0v) is 10.1. The summed E-state index contributed by atoms with van der Waals surface area (Å²) in [5, 5.41) is 3.62. The van der Waals surface area contributed by atoms with Crippen LogP contribution in [0.25, 0.3) is 0 Å². The third kappa shape index (κ3) is 4.85. The number of benzene rings is 1. The van der Waals surface area contributed by atoms with Gasteiger partial charge in [0.05, 0.1) is 12.5 Å². The smallest absolute Gasteiger partial charge is 0.206 e. The number of hydrogen-bond donors (Lipinski definition) is 1. The van der Waals surface area contributed by atoms with Gasteiger partial charge in [-0.3, -0.25) is 0 Å². The van der Waals surface area contributed by atoms with Crippen molar-refractivity contribution in [2.45, 2.75) is 4.90 Å². The van der Waals surface area contributed by atoms with E-state index in [0.717, 1.165) is 16.7 Å². The Kier molecular flexibility index (Phi) is 4.16. The molecule has 0 atom stereocenters. The van der Waals surface area contributed by atoms with E-state index in [1.807, 2.05) is 35.4 Å². The first kappa shape index (κ1) is 12.1. The molecule has 0 spiro atoms. The van der Waals surface area contributed by atoms with Crippen LogP contribution in [0.3, 0.4) is 0 Å². The average molecular weight is 244 g/mol. The molecule has 0 aliphatic heterocycles. The van der Waals surface area contributed by atoms with Crippen LogP contribution < -0.4 is 4.83 Å². The molecule has 0 aliphatic rings. The van der Waals surface area contributed by atoms with Crippen LogP contribution in [-0.2, 0) is 10.0 Å². The predicted octanol–water partition coefficient (Wildman–Crippen LogP) is 1.29. The van der Waals surface area contributed by atoms with Gasteiger partial charge in [0.25, 0.3) is 0 Å². The number of nitrogens with zero attached hydrogens (tertiary/aromatic N) is 1. The van der Waals surface area contributed by atoms with Gasteiger partial charge in [0.2, 0.25) is 10.0 Å². The zero-order valence-electron chi connectivity index (χ0n) is 8.47. The topological polar surface area (TPSA) is 58.5 Å². The maximum atomic E-state index is 10.7. The lowest BCUT2D eigenvalue weighted by molar-refractivity contribution is 0.591. The summed E-state index contributed by atoms with van der Waals surface area (Å²) in [5.74, 6) is 0. The number of rotatable bonds is 4. The molecule has 0 fully saturated rings. The first-order valence-electron chi connectivity index (χ1n) is 4.15. The first-order chi connectivity index (χ1) is 7.01. The molecule has 1 rings (SSSR count). The van der Waals surface area contributed by atoms with Gasteiger partial charge in [-0.25, -0.2) is 13.2 Å². The summed E-state index contributed by atoms with van der Waals surface area (Å²) in [6.45, 7) is 0. The summed E-state index contributed by atoms with van der Waals surface area (Å²) in [7, 11) is -3.26. The van der Waals surface area contributed by atoms with Gasteiger partial charge in [-0.1, -0.05) is 12.1 Å². The second kappa shape index (κ2) is 5.18. The second-order valence-corrected chi connectivity index (χ2v) is 5.50. The Morgan fingerprint density at radius 3 is 2.80 bits per heavy atom. The maximum Gasteiger partial charge on any atom is 0.244 e. The van der Waals surface area contributed by atoms with Crippen molar-refractivity contribution in [2.24, 2.45) is 5.10 Å². The number of sulfonamides is 1. The summed E-state index contributed by atoms with van der Waals surface area (Å²) >= 11 is 1.62. The van der Waals surface area contributed by atoms with Crippen LogP contribution in [0.4, 0.5) is 0 Å². The van der Waals surface area contributed by atoms with E-state index in [1.54, 1.807) is 11.8 Å². The predicted molar refractivity (Wildman–Crippen MR) is 63.8 cm³/mol. The van der Waals surface area contributed by atoms with Crippen LogP contribution in [0, 0.1) is 0 Å². The Morgan fingerprint density at radius 2 is 2.20 bits per heavy atom. The average Bonchev–Trinajstić information content (AvgIpc) is 2.16. The van der Waals surface area contributed by atoms with E-state index in [1.165, 1.54) is 6.21 Å². The highest BCUT2D eigenvalue weighted by Crippen LogP contribution is 2.14. The Labute approximate surface area is 93.8 Å². The Balaban J connectivity index is 2.72. The van der Waals surface area contributed by atoms with Crippen molar-refractivity contribution in [3.63, 3.8) is 0 Å². The van der Waals surface area contributed by atoms with Crippen molar-refractivity contribution >= 4 is 28.0 Å². The molecule has 0 unspecified atom stereocenters. The van der Waals surface area contributed by atoms with Crippen molar-refractivity contribution in [1.29, 1.82) is 0 Å². The molecule has 0 aliphatic carbocycles. The zero-order chi connectivity index (χ0) is 11.3. The van der Waals surface area contributed by atoms with E-state index >= 15 is 0 Å². The number of nitrogens with one attached hydrogen (secondary N) is 1. The highest BCUT2D eigenvalue weighted by molar-refractivity contribution is 7.98. The van der Waals surface area contributed by atoms with Gasteiger partial charge < -0.3 is 0 Å². The maximum absolute atomic E-state index is 10.7. The molecule has 4 nitrogen and oxygen atoms in total. The summed E-state index contributed by atoms with van der Waals surface area (Å²) < 4.78 is 21.4. The SMILES string of the molecule is CSc1cccc(/C=N\NS(C)(=O)=O)c1. The number of hydrogen-bond acceptors (Lipinski definition) is 4. The fraction of sp³-hybridized carbons (Fsp3) is 0.222. The van der Waals surface area contributed by atoms with Crippen LogP contribution in [0.5, 0.6) is 0 Å².